The molecule has 0 aromatic heterocycles. The first kappa shape index (κ1) is 14.5. The van der Waals surface area contributed by atoms with Crippen molar-refractivity contribution in [2.24, 2.45) is 11.3 Å². The standard InChI is InChI=1S/C14H26O2Si/c1-14(2,3)11-8-12(16-4)10(13(11)15)9-17(5,6)7/h11H,8-9H2,1-7H3. The van der Waals surface area contributed by atoms with Crippen LogP contribution in [-0.2, 0) is 9.53 Å². The zero-order valence-electron chi connectivity index (χ0n) is 12.3. The maximum Gasteiger partial charge on any atom is 0.165 e. The van der Waals surface area contributed by atoms with Crippen molar-refractivity contribution in [2.45, 2.75) is 52.9 Å². The number of carbonyl (C=O) groups excluding carboxylic acids is 1. The number of rotatable bonds is 3. The molecule has 98 valence electrons. The summed E-state index contributed by atoms with van der Waals surface area (Å²) >= 11 is 0. The van der Waals surface area contributed by atoms with Crippen LogP contribution in [-0.4, -0.2) is 21.0 Å². The summed E-state index contributed by atoms with van der Waals surface area (Å²) in [5.74, 6) is 1.37. The molecule has 0 saturated heterocycles. The topological polar surface area (TPSA) is 26.3 Å². The van der Waals surface area contributed by atoms with Crippen LogP contribution >= 0.6 is 0 Å². The van der Waals surface area contributed by atoms with Crippen molar-refractivity contribution in [2.75, 3.05) is 7.11 Å². The number of allylic oxidation sites excluding steroid dienone is 2. The van der Waals surface area contributed by atoms with Crippen LogP contribution in [0.5, 0.6) is 0 Å². The molecule has 0 aromatic carbocycles. The minimum absolute atomic E-state index is 0.0298. The molecule has 0 saturated carbocycles. The molecule has 1 unspecified atom stereocenters. The second kappa shape index (κ2) is 4.60. The van der Waals surface area contributed by atoms with Gasteiger partial charge in [0.1, 0.15) is 5.76 Å². The van der Waals surface area contributed by atoms with Crippen LogP contribution < -0.4 is 0 Å². The fourth-order valence-electron chi connectivity index (χ4n) is 2.37. The number of hydrogen-bond acceptors (Lipinski definition) is 2. The van der Waals surface area contributed by atoms with Crippen molar-refractivity contribution in [3.63, 3.8) is 0 Å². The number of hydrogen-bond donors (Lipinski definition) is 0. The van der Waals surface area contributed by atoms with Crippen molar-refractivity contribution in [3.8, 4) is 0 Å². The Kier molecular flexibility index (Phi) is 3.92. The average Bonchev–Trinajstić information content (AvgIpc) is 2.41. The lowest BCUT2D eigenvalue weighted by molar-refractivity contribution is -0.121. The minimum Gasteiger partial charge on any atom is -0.501 e. The van der Waals surface area contributed by atoms with Gasteiger partial charge in [-0.1, -0.05) is 40.4 Å². The van der Waals surface area contributed by atoms with Crippen LogP contribution in [0.1, 0.15) is 27.2 Å². The van der Waals surface area contributed by atoms with E-state index in [1.807, 2.05) is 0 Å². The number of methoxy groups -OCH3 is 1. The first-order valence-corrected chi connectivity index (χ1v) is 10.1. The Labute approximate surface area is 106 Å². The van der Waals surface area contributed by atoms with Gasteiger partial charge in [0.25, 0.3) is 0 Å². The third-order valence-corrected chi connectivity index (χ3v) is 4.75. The smallest absolute Gasteiger partial charge is 0.165 e. The molecule has 0 aromatic rings. The molecule has 17 heavy (non-hydrogen) atoms. The number of ether oxygens (including phenoxy) is 1. The van der Waals surface area contributed by atoms with Crippen LogP contribution in [0.4, 0.5) is 0 Å². The molecule has 1 aliphatic rings. The highest BCUT2D eigenvalue weighted by molar-refractivity contribution is 6.77. The van der Waals surface area contributed by atoms with Crippen LogP contribution in [0.15, 0.2) is 11.3 Å². The summed E-state index contributed by atoms with van der Waals surface area (Å²) in [4.78, 5) is 12.5. The summed E-state index contributed by atoms with van der Waals surface area (Å²) in [6, 6.07) is 0.946. The van der Waals surface area contributed by atoms with Crippen LogP contribution in [0, 0.1) is 11.3 Å². The van der Waals surface area contributed by atoms with E-state index in [2.05, 4.69) is 40.4 Å². The predicted octanol–water partition coefficient (Wildman–Crippen LogP) is 3.86. The number of Topliss-reactive ketones (excluding diaryl/α,β-unsaturated/α-hetero) is 1. The zero-order chi connectivity index (χ0) is 13.4. The summed E-state index contributed by atoms with van der Waals surface area (Å²) in [5, 5.41) is 0. The Balaban J connectivity index is 2.98. The maximum atomic E-state index is 12.5. The van der Waals surface area contributed by atoms with Crippen LogP contribution in [0.2, 0.25) is 25.7 Å². The molecule has 0 heterocycles. The van der Waals surface area contributed by atoms with E-state index in [1.54, 1.807) is 7.11 Å². The molecule has 0 fully saturated rings. The highest BCUT2D eigenvalue weighted by atomic mass is 28.3. The number of carbonyl (C=O) groups is 1. The lowest BCUT2D eigenvalue weighted by Gasteiger charge is -2.26. The lowest BCUT2D eigenvalue weighted by atomic mass is 9.78. The molecule has 1 aliphatic carbocycles. The predicted molar refractivity (Wildman–Crippen MR) is 74.8 cm³/mol. The molecular formula is C14H26O2Si. The molecule has 0 amide bonds. The van der Waals surface area contributed by atoms with Gasteiger partial charge in [0.15, 0.2) is 5.78 Å². The summed E-state index contributed by atoms with van der Waals surface area (Å²) in [6.45, 7) is 13.3. The average molecular weight is 254 g/mol. The molecule has 1 atom stereocenters. The van der Waals surface area contributed by atoms with E-state index in [9.17, 15) is 4.79 Å². The van der Waals surface area contributed by atoms with Gasteiger partial charge in [-0.3, -0.25) is 4.79 Å². The van der Waals surface area contributed by atoms with Crippen molar-refractivity contribution in [1.82, 2.24) is 0 Å². The third kappa shape index (κ3) is 3.44. The van der Waals surface area contributed by atoms with Crippen molar-refractivity contribution in [3.05, 3.63) is 11.3 Å². The van der Waals surface area contributed by atoms with Gasteiger partial charge < -0.3 is 4.74 Å². The van der Waals surface area contributed by atoms with Crippen LogP contribution in [0.3, 0.4) is 0 Å². The molecule has 0 aliphatic heterocycles. The quantitative estimate of drug-likeness (QED) is 0.715. The van der Waals surface area contributed by atoms with E-state index >= 15 is 0 Å². The van der Waals surface area contributed by atoms with E-state index in [-0.39, 0.29) is 11.3 Å². The number of ketones is 1. The van der Waals surface area contributed by atoms with Gasteiger partial charge in [-0.25, -0.2) is 0 Å². The van der Waals surface area contributed by atoms with Crippen molar-refractivity contribution in [1.29, 1.82) is 0 Å². The summed E-state index contributed by atoms with van der Waals surface area (Å²) in [6.07, 6.45) is 0.790. The Morgan fingerprint density at radius 1 is 1.29 bits per heavy atom. The third-order valence-electron chi connectivity index (χ3n) is 3.34. The Bertz CT molecular complexity index is 342. The molecule has 0 N–H and O–H groups in total. The monoisotopic (exact) mass is 254 g/mol. The molecule has 0 radical (unpaired) electrons. The second-order valence-corrected chi connectivity index (χ2v) is 12.8. The zero-order valence-corrected chi connectivity index (χ0v) is 13.3. The maximum absolute atomic E-state index is 12.5. The van der Waals surface area contributed by atoms with Gasteiger partial charge in [-0.15, -0.1) is 0 Å². The van der Waals surface area contributed by atoms with E-state index in [1.165, 1.54) is 0 Å². The largest absolute Gasteiger partial charge is 0.501 e. The minimum atomic E-state index is -1.27. The Hall–Kier alpha value is -0.573. The molecule has 0 bridgehead atoms. The van der Waals surface area contributed by atoms with E-state index in [0.29, 0.717) is 5.78 Å². The molecule has 1 rings (SSSR count). The highest BCUT2D eigenvalue weighted by Gasteiger charge is 2.41. The van der Waals surface area contributed by atoms with Gasteiger partial charge in [-0.2, -0.15) is 0 Å². The first-order chi connectivity index (χ1) is 7.56. The van der Waals surface area contributed by atoms with Gasteiger partial charge in [0.2, 0.25) is 0 Å². The van der Waals surface area contributed by atoms with E-state index < -0.39 is 8.07 Å². The van der Waals surface area contributed by atoms with Crippen molar-refractivity contribution >= 4 is 13.9 Å². The van der Waals surface area contributed by atoms with Crippen molar-refractivity contribution < 1.29 is 9.53 Å². The molecule has 0 spiro atoms. The van der Waals surface area contributed by atoms with Gasteiger partial charge >= 0.3 is 0 Å². The Morgan fingerprint density at radius 2 is 1.82 bits per heavy atom. The highest BCUT2D eigenvalue weighted by Crippen LogP contribution is 2.42. The van der Waals surface area contributed by atoms with Gasteiger partial charge in [0.05, 0.1) is 7.11 Å². The van der Waals surface area contributed by atoms with Gasteiger partial charge in [0, 0.05) is 26.0 Å². The second-order valence-electron chi connectivity index (χ2n) is 7.33. The fourth-order valence-corrected chi connectivity index (χ4v) is 3.80. The molecular weight excluding hydrogens is 228 g/mol. The van der Waals surface area contributed by atoms with E-state index in [0.717, 1.165) is 23.8 Å². The summed E-state index contributed by atoms with van der Waals surface area (Å²) in [5.41, 5.74) is 1.01. The van der Waals surface area contributed by atoms with E-state index in [4.69, 9.17) is 4.74 Å². The first-order valence-electron chi connectivity index (χ1n) is 6.36. The van der Waals surface area contributed by atoms with Crippen LogP contribution in [0.25, 0.3) is 0 Å². The molecule has 3 heteroatoms. The molecule has 2 nitrogen and oxygen atoms in total. The SMILES string of the molecule is COC1=C(C[Si](C)(C)C)C(=O)C(C(C)(C)C)C1. The summed E-state index contributed by atoms with van der Waals surface area (Å²) < 4.78 is 5.45. The normalized spacial score (nSPS) is 22.3. The van der Waals surface area contributed by atoms with Gasteiger partial charge in [-0.05, 0) is 11.5 Å². The fraction of sp³-hybridized carbons (Fsp3) is 0.786. The summed E-state index contributed by atoms with van der Waals surface area (Å²) in [7, 11) is 0.423. The Morgan fingerprint density at radius 3 is 2.18 bits per heavy atom. The lowest BCUT2D eigenvalue weighted by Crippen LogP contribution is -2.28.